The second-order valence-electron chi connectivity index (χ2n) is 9.53. The number of amides is 1. The van der Waals surface area contributed by atoms with Gasteiger partial charge < -0.3 is 19.5 Å². The highest BCUT2D eigenvalue weighted by Gasteiger charge is 2.27. The molecule has 0 aliphatic carbocycles. The fourth-order valence-corrected chi connectivity index (χ4v) is 4.88. The molecule has 1 saturated heterocycles. The molecule has 1 aliphatic rings. The quantitative estimate of drug-likeness (QED) is 0.369. The van der Waals surface area contributed by atoms with Crippen molar-refractivity contribution in [2.24, 2.45) is 5.92 Å². The van der Waals surface area contributed by atoms with E-state index in [0.717, 1.165) is 60.8 Å². The zero-order valence-electron chi connectivity index (χ0n) is 21.1. The first kappa shape index (κ1) is 23.9. The van der Waals surface area contributed by atoms with Crippen LogP contribution in [0, 0.1) is 12.8 Å². The summed E-state index contributed by atoms with van der Waals surface area (Å²) in [6.07, 6.45) is 1.64. The number of nitrogens with zero attached hydrogens (tertiary/aromatic N) is 3. The van der Waals surface area contributed by atoms with Crippen LogP contribution in [0.4, 0.5) is 5.95 Å². The Balaban J connectivity index is 1.23. The average Bonchev–Trinajstić information content (AvgIpc) is 3.28. The van der Waals surface area contributed by atoms with Crippen molar-refractivity contribution < 1.29 is 9.53 Å². The summed E-state index contributed by atoms with van der Waals surface area (Å²) in [6.45, 7) is 7.68. The Morgan fingerprint density at radius 3 is 2.39 bits per heavy atom. The number of ether oxygens (including phenoxy) is 1. The van der Waals surface area contributed by atoms with E-state index < -0.39 is 0 Å². The Hall–Kier alpha value is -3.80. The molecule has 0 bridgehead atoms. The van der Waals surface area contributed by atoms with Crippen LogP contribution in [0.2, 0.25) is 0 Å². The number of aryl methyl sites for hydroxylation is 1. The van der Waals surface area contributed by atoms with E-state index in [1.165, 1.54) is 11.1 Å². The Morgan fingerprint density at radius 2 is 1.67 bits per heavy atom. The molecule has 0 radical (unpaired) electrons. The van der Waals surface area contributed by atoms with Crippen molar-refractivity contribution in [3.05, 3.63) is 89.5 Å². The molecule has 0 atom stereocenters. The second kappa shape index (κ2) is 10.9. The predicted octanol–water partition coefficient (Wildman–Crippen LogP) is 5.32. The summed E-state index contributed by atoms with van der Waals surface area (Å²) >= 11 is 0. The highest BCUT2D eigenvalue weighted by Crippen LogP contribution is 2.28. The van der Waals surface area contributed by atoms with Gasteiger partial charge in [0.25, 0.3) is 0 Å². The van der Waals surface area contributed by atoms with Crippen LogP contribution in [0.1, 0.15) is 36.5 Å². The molecule has 2 heterocycles. The van der Waals surface area contributed by atoms with E-state index >= 15 is 0 Å². The zero-order valence-corrected chi connectivity index (χ0v) is 21.1. The van der Waals surface area contributed by atoms with Gasteiger partial charge in [0.05, 0.1) is 24.2 Å². The number of fused-ring (bicyclic) bond motifs is 1. The Kier molecular flexibility index (Phi) is 7.21. The maximum absolute atomic E-state index is 12.9. The van der Waals surface area contributed by atoms with Crippen LogP contribution in [-0.2, 0) is 17.9 Å². The molecule has 36 heavy (non-hydrogen) atoms. The number of carbonyl (C=O) groups is 1. The number of carbonyl (C=O) groups excluding carboxylic acids is 1. The van der Waals surface area contributed by atoms with Crippen molar-refractivity contribution in [1.29, 1.82) is 0 Å². The van der Waals surface area contributed by atoms with Gasteiger partial charge in [-0.1, -0.05) is 54.1 Å². The molecule has 1 aliphatic heterocycles. The minimum Gasteiger partial charge on any atom is -0.494 e. The molecule has 0 saturated carbocycles. The number of piperidine rings is 1. The molecule has 0 spiro atoms. The molecule has 1 fully saturated rings. The standard InChI is InChI=1S/C30H34N4O2/c1-3-36-26-14-12-23(13-15-26)20-31-29(35)25-16-18-33(19-17-25)30-32-27-6-4-5-7-28(27)34(30)21-24-10-8-22(2)9-11-24/h4-15,25H,3,16-21H2,1-2H3,(H,31,35). The van der Waals surface area contributed by atoms with Crippen LogP contribution in [0.3, 0.4) is 0 Å². The second-order valence-corrected chi connectivity index (χ2v) is 9.53. The third kappa shape index (κ3) is 5.38. The molecule has 4 aromatic rings. The minimum absolute atomic E-state index is 0.0267. The third-order valence-corrected chi connectivity index (χ3v) is 6.95. The smallest absolute Gasteiger partial charge is 0.223 e. The Bertz CT molecular complexity index is 1300. The molecular formula is C30H34N4O2. The number of hydrogen-bond donors (Lipinski definition) is 1. The largest absolute Gasteiger partial charge is 0.494 e. The molecular weight excluding hydrogens is 448 g/mol. The number of aromatic nitrogens is 2. The first-order valence-corrected chi connectivity index (χ1v) is 12.9. The molecule has 6 heteroatoms. The van der Waals surface area contributed by atoms with Gasteiger partial charge in [0.1, 0.15) is 5.75 Å². The van der Waals surface area contributed by atoms with Crippen molar-refractivity contribution >= 4 is 22.9 Å². The van der Waals surface area contributed by atoms with Gasteiger partial charge in [-0.05, 0) is 62.1 Å². The number of para-hydroxylation sites is 2. The van der Waals surface area contributed by atoms with E-state index in [1.54, 1.807) is 0 Å². The van der Waals surface area contributed by atoms with Crippen LogP contribution in [0.5, 0.6) is 5.75 Å². The minimum atomic E-state index is 0.0267. The number of nitrogens with one attached hydrogen (secondary N) is 1. The molecule has 1 amide bonds. The highest BCUT2D eigenvalue weighted by atomic mass is 16.5. The summed E-state index contributed by atoms with van der Waals surface area (Å²) in [5, 5.41) is 3.13. The van der Waals surface area contributed by atoms with Gasteiger partial charge in [-0.15, -0.1) is 0 Å². The van der Waals surface area contributed by atoms with Crippen LogP contribution < -0.4 is 15.0 Å². The topological polar surface area (TPSA) is 59.4 Å². The number of rotatable bonds is 8. The third-order valence-electron chi connectivity index (χ3n) is 6.95. The molecule has 3 aromatic carbocycles. The molecule has 1 N–H and O–H groups in total. The molecule has 6 nitrogen and oxygen atoms in total. The predicted molar refractivity (Wildman–Crippen MR) is 144 cm³/mol. The monoisotopic (exact) mass is 482 g/mol. The number of hydrogen-bond acceptors (Lipinski definition) is 4. The Labute approximate surface area is 212 Å². The van der Waals surface area contributed by atoms with Crippen molar-refractivity contribution in [2.75, 3.05) is 24.6 Å². The van der Waals surface area contributed by atoms with E-state index in [9.17, 15) is 4.79 Å². The first-order chi connectivity index (χ1) is 17.6. The molecule has 1 aromatic heterocycles. The van der Waals surface area contributed by atoms with E-state index in [1.807, 2.05) is 37.3 Å². The van der Waals surface area contributed by atoms with E-state index in [-0.39, 0.29) is 11.8 Å². The van der Waals surface area contributed by atoms with Crippen molar-refractivity contribution in [3.8, 4) is 5.75 Å². The lowest BCUT2D eigenvalue weighted by molar-refractivity contribution is -0.125. The van der Waals surface area contributed by atoms with Crippen LogP contribution in [0.15, 0.2) is 72.8 Å². The van der Waals surface area contributed by atoms with Gasteiger partial charge in [-0.25, -0.2) is 4.98 Å². The first-order valence-electron chi connectivity index (χ1n) is 12.9. The van der Waals surface area contributed by atoms with Gasteiger partial charge in [0.2, 0.25) is 11.9 Å². The van der Waals surface area contributed by atoms with Crippen molar-refractivity contribution in [2.45, 2.75) is 39.8 Å². The van der Waals surface area contributed by atoms with E-state index in [2.05, 4.69) is 64.2 Å². The van der Waals surface area contributed by atoms with Gasteiger partial charge in [-0.2, -0.15) is 0 Å². The summed E-state index contributed by atoms with van der Waals surface area (Å²) in [4.78, 5) is 20.2. The summed E-state index contributed by atoms with van der Waals surface area (Å²) < 4.78 is 7.81. The maximum atomic E-state index is 12.9. The number of benzene rings is 3. The zero-order chi connectivity index (χ0) is 24.9. The van der Waals surface area contributed by atoms with Gasteiger partial charge in [0, 0.05) is 25.6 Å². The van der Waals surface area contributed by atoms with E-state index in [0.29, 0.717) is 13.2 Å². The summed E-state index contributed by atoms with van der Waals surface area (Å²) in [6, 6.07) is 24.9. The molecule has 5 rings (SSSR count). The lowest BCUT2D eigenvalue weighted by Crippen LogP contribution is -2.41. The van der Waals surface area contributed by atoms with Crippen LogP contribution in [0.25, 0.3) is 11.0 Å². The van der Waals surface area contributed by atoms with E-state index in [4.69, 9.17) is 9.72 Å². The summed E-state index contributed by atoms with van der Waals surface area (Å²) in [7, 11) is 0. The van der Waals surface area contributed by atoms with Crippen LogP contribution >= 0.6 is 0 Å². The fraction of sp³-hybridized carbons (Fsp3) is 0.333. The number of imidazole rings is 1. The fourth-order valence-electron chi connectivity index (χ4n) is 4.88. The maximum Gasteiger partial charge on any atom is 0.223 e. The van der Waals surface area contributed by atoms with Crippen molar-refractivity contribution in [1.82, 2.24) is 14.9 Å². The summed E-state index contributed by atoms with van der Waals surface area (Å²) in [5.74, 6) is 2.01. The normalized spacial score (nSPS) is 14.2. The average molecular weight is 483 g/mol. The van der Waals surface area contributed by atoms with Crippen molar-refractivity contribution in [3.63, 3.8) is 0 Å². The number of anilines is 1. The highest BCUT2D eigenvalue weighted by molar-refractivity contribution is 5.80. The lowest BCUT2D eigenvalue weighted by Gasteiger charge is -2.32. The molecule has 186 valence electrons. The lowest BCUT2D eigenvalue weighted by atomic mass is 9.96. The SMILES string of the molecule is CCOc1ccc(CNC(=O)C2CCN(c3nc4ccccc4n3Cc3ccc(C)cc3)CC2)cc1. The molecule has 0 unspecified atom stereocenters. The van der Waals surface area contributed by atoms with Gasteiger partial charge >= 0.3 is 0 Å². The Morgan fingerprint density at radius 1 is 0.972 bits per heavy atom. The summed E-state index contributed by atoms with van der Waals surface area (Å²) in [5.41, 5.74) is 5.75. The van der Waals surface area contributed by atoms with Gasteiger partial charge in [0.15, 0.2) is 0 Å². The van der Waals surface area contributed by atoms with Crippen LogP contribution in [-0.4, -0.2) is 35.2 Å². The van der Waals surface area contributed by atoms with Gasteiger partial charge in [-0.3, -0.25) is 4.79 Å².